The Balaban J connectivity index is 1.56. The zero-order valence-corrected chi connectivity index (χ0v) is 25.6. The van der Waals surface area contributed by atoms with Crippen LogP contribution in [0, 0.1) is 0 Å². The summed E-state index contributed by atoms with van der Waals surface area (Å²) in [5.41, 5.74) is 24.6. The van der Waals surface area contributed by atoms with E-state index in [9.17, 15) is 35.4 Å². The SMILES string of the molecule is NCC[C@H](O)C(=O)N[C@@H]1C[C@H](N)C(O[C@H]2OC(CN)CCC2N)C(O)[C@H]1O[C@H]1OC(CO)[C@@H](O)[C@H](NCc2cccc(O)c2)C1O. The molecular formula is C29H50N6O11. The first-order valence-electron chi connectivity index (χ1n) is 15.6. The molecule has 262 valence electrons. The average Bonchev–Trinajstić information content (AvgIpc) is 3.03. The number of aliphatic hydroxyl groups is 5. The summed E-state index contributed by atoms with van der Waals surface area (Å²) in [7, 11) is 0. The van der Waals surface area contributed by atoms with Gasteiger partial charge in [0, 0.05) is 19.1 Å². The number of hydrogen-bond donors (Lipinski definition) is 12. The minimum absolute atomic E-state index is 0.00377. The van der Waals surface area contributed by atoms with Crippen LogP contribution in [0.1, 0.15) is 31.2 Å². The normalized spacial score (nSPS) is 39.1. The molecule has 16 N–H and O–H groups in total. The van der Waals surface area contributed by atoms with Crippen LogP contribution < -0.4 is 33.6 Å². The Kier molecular flexibility index (Phi) is 13.5. The number of hydrogen-bond acceptors (Lipinski definition) is 16. The highest BCUT2D eigenvalue weighted by Crippen LogP contribution is 2.32. The number of phenolic OH excluding ortho intramolecular Hbond substituents is 1. The highest BCUT2D eigenvalue weighted by molar-refractivity contribution is 5.80. The third-order valence-electron chi connectivity index (χ3n) is 8.77. The number of nitrogens with one attached hydrogen (secondary N) is 2. The van der Waals surface area contributed by atoms with Gasteiger partial charge in [-0.25, -0.2) is 0 Å². The molecule has 1 aromatic carbocycles. The number of nitrogens with two attached hydrogens (primary N) is 4. The summed E-state index contributed by atoms with van der Waals surface area (Å²) in [6.07, 6.45) is -11.1. The third kappa shape index (κ3) is 8.88. The van der Waals surface area contributed by atoms with E-state index in [-0.39, 0.29) is 44.3 Å². The van der Waals surface area contributed by atoms with Crippen LogP contribution in [-0.4, -0.2) is 142 Å². The molecular weight excluding hydrogens is 608 g/mol. The summed E-state index contributed by atoms with van der Waals surface area (Å²) in [6.45, 7) is -0.219. The van der Waals surface area contributed by atoms with Crippen LogP contribution in [-0.2, 0) is 30.3 Å². The number of carbonyl (C=O) groups excluding carboxylic acids is 1. The fraction of sp³-hybridized carbons (Fsp3) is 0.759. The van der Waals surface area contributed by atoms with Crippen molar-refractivity contribution in [2.75, 3.05) is 19.7 Å². The van der Waals surface area contributed by atoms with E-state index in [4.69, 9.17) is 41.9 Å². The second-order valence-electron chi connectivity index (χ2n) is 12.2. The van der Waals surface area contributed by atoms with E-state index in [1.807, 2.05) is 0 Å². The van der Waals surface area contributed by atoms with Crippen molar-refractivity contribution >= 4 is 5.91 Å². The first kappa shape index (κ1) is 36.8. The lowest BCUT2D eigenvalue weighted by atomic mass is 9.83. The van der Waals surface area contributed by atoms with E-state index in [0.717, 1.165) is 0 Å². The number of amides is 1. The van der Waals surface area contributed by atoms with Crippen molar-refractivity contribution in [3.05, 3.63) is 29.8 Å². The molecule has 17 heteroatoms. The topological polar surface area (TPSA) is 304 Å². The monoisotopic (exact) mass is 658 g/mol. The van der Waals surface area contributed by atoms with Crippen molar-refractivity contribution < 1.29 is 54.4 Å². The summed E-state index contributed by atoms with van der Waals surface area (Å²) in [5, 5.41) is 69.5. The highest BCUT2D eigenvalue weighted by Gasteiger charge is 2.51. The molecule has 3 aliphatic rings. The summed E-state index contributed by atoms with van der Waals surface area (Å²) in [6, 6.07) is 2.90. The molecule has 46 heavy (non-hydrogen) atoms. The fourth-order valence-corrected chi connectivity index (χ4v) is 6.14. The van der Waals surface area contributed by atoms with E-state index >= 15 is 0 Å². The minimum atomic E-state index is -1.54. The highest BCUT2D eigenvalue weighted by atomic mass is 16.7. The predicted octanol–water partition coefficient (Wildman–Crippen LogP) is -4.86. The molecule has 2 aliphatic heterocycles. The number of aliphatic hydroxyl groups excluding tert-OH is 5. The molecule has 1 saturated carbocycles. The first-order valence-corrected chi connectivity index (χ1v) is 15.6. The summed E-state index contributed by atoms with van der Waals surface area (Å²) in [5.74, 6) is -0.739. The average molecular weight is 659 g/mol. The van der Waals surface area contributed by atoms with Crippen molar-refractivity contribution in [1.29, 1.82) is 0 Å². The Morgan fingerprint density at radius 3 is 2.41 bits per heavy atom. The lowest BCUT2D eigenvalue weighted by Crippen LogP contribution is -2.69. The maximum Gasteiger partial charge on any atom is 0.249 e. The predicted molar refractivity (Wildman–Crippen MR) is 161 cm³/mol. The van der Waals surface area contributed by atoms with E-state index in [2.05, 4.69) is 10.6 Å². The Morgan fingerprint density at radius 1 is 1.00 bits per heavy atom. The maximum absolute atomic E-state index is 12.8. The maximum atomic E-state index is 12.8. The van der Waals surface area contributed by atoms with Gasteiger partial charge in [-0.05, 0) is 49.9 Å². The molecule has 2 heterocycles. The van der Waals surface area contributed by atoms with Gasteiger partial charge < -0.3 is 83.2 Å². The molecule has 1 amide bonds. The van der Waals surface area contributed by atoms with Crippen LogP contribution in [0.3, 0.4) is 0 Å². The number of benzene rings is 1. The summed E-state index contributed by atoms with van der Waals surface area (Å²) in [4.78, 5) is 12.8. The Hall–Kier alpha value is -2.07. The second-order valence-corrected chi connectivity index (χ2v) is 12.2. The quantitative estimate of drug-likeness (QED) is 0.0945. The number of ether oxygens (including phenoxy) is 4. The van der Waals surface area contributed by atoms with Gasteiger partial charge in [-0.1, -0.05) is 12.1 Å². The number of rotatable bonds is 13. The Bertz CT molecular complexity index is 1110. The van der Waals surface area contributed by atoms with Crippen molar-refractivity contribution in [1.82, 2.24) is 10.6 Å². The van der Waals surface area contributed by atoms with Gasteiger partial charge in [0.15, 0.2) is 12.6 Å². The van der Waals surface area contributed by atoms with E-state index in [1.165, 1.54) is 12.1 Å². The fourth-order valence-electron chi connectivity index (χ4n) is 6.14. The minimum Gasteiger partial charge on any atom is -0.508 e. The molecule has 0 bridgehead atoms. The van der Waals surface area contributed by atoms with Crippen molar-refractivity contribution in [3.63, 3.8) is 0 Å². The van der Waals surface area contributed by atoms with Crippen molar-refractivity contribution in [2.24, 2.45) is 22.9 Å². The largest absolute Gasteiger partial charge is 0.508 e. The van der Waals surface area contributed by atoms with Gasteiger partial charge in [0.05, 0.1) is 30.8 Å². The molecule has 4 rings (SSSR count). The van der Waals surface area contributed by atoms with Crippen LogP contribution in [0.25, 0.3) is 0 Å². The molecule has 14 atom stereocenters. The molecule has 6 unspecified atom stereocenters. The number of aromatic hydroxyl groups is 1. The standard InChI is InChI=1S/C29H50N6O11/c30-7-6-19(38)27(42)35-18-9-17(33)25(45-28-16(32)5-4-15(10-31)43-28)24(41)26(18)46-29-23(40)21(22(39)20(12-36)44-29)34-11-13-2-1-3-14(37)8-13/h1-3,8,15-26,28-29,34,36-41H,4-7,9-12,30-33H2,(H,35,42)/t15?,16?,17-,18+,19-,20?,21-,22+,23?,24?,25?,26-,28+,29+/m0/s1. The van der Waals surface area contributed by atoms with Gasteiger partial charge in [0.1, 0.15) is 48.5 Å². The van der Waals surface area contributed by atoms with Crippen molar-refractivity contribution in [3.8, 4) is 5.75 Å². The molecule has 3 fully saturated rings. The lowest BCUT2D eigenvalue weighted by Gasteiger charge is -2.49. The van der Waals surface area contributed by atoms with E-state index in [1.54, 1.807) is 12.1 Å². The molecule has 0 radical (unpaired) electrons. The molecule has 17 nitrogen and oxygen atoms in total. The zero-order chi connectivity index (χ0) is 33.5. The van der Waals surface area contributed by atoms with Gasteiger partial charge in [-0.15, -0.1) is 0 Å². The van der Waals surface area contributed by atoms with Gasteiger partial charge >= 0.3 is 0 Å². The smallest absolute Gasteiger partial charge is 0.249 e. The van der Waals surface area contributed by atoms with Gasteiger partial charge in [-0.3, -0.25) is 4.79 Å². The van der Waals surface area contributed by atoms with Gasteiger partial charge in [-0.2, -0.15) is 0 Å². The Morgan fingerprint density at radius 2 is 1.74 bits per heavy atom. The molecule has 0 aromatic heterocycles. The number of carbonyl (C=O) groups is 1. The lowest BCUT2D eigenvalue weighted by molar-refractivity contribution is -0.316. The molecule has 0 spiro atoms. The second kappa shape index (κ2) is 16.8. The van der Waals surface area contributed by atoms with Crippen LogP contribution in [0.4, 0.5) is 0 Å². The van der Waals surface area contributed by atoms with Crippen LogP contribution >= 0.6 is 0 Å². The number of phenols is 1. The van der Waals surface area contributed by atoms with Gasteiger partial charge in [0.2, 0.25) is 5.91 Å². The first-order chi connectivity index (χ1) is 22.0. The molecule has 2 saturated heterocycles. The zero-order valence-electron chi connectivity index (χ0n) is 25.6. The third-order valence-corrected chi connectivity index (χ3v) is 8.77. The summed E-state index contributed by atoms with van der Waals surface area (Å²) >= 11 is 0. The van der Waals surface area contributed by atoms with Gasteiger partial charge in [0.25, 0.3) is 0 Å². The van der Waals surface area contributed by atoms with E-state index in [0.29, 0.717) is 18.4 Å². The van der Waals surface area contributed by atoms with Crippen LogP contribution in [0.2, 0.25) is 0 Å². The Labute approximate surface area is 267 Å². The van der Waals surface area contributed by atoms with Crippen molar-refractivity contribution in [2.45, 2.75) is 118 Å². The van der Waals surface area contributed by atoms with E-state index < -0.39 is 92.0 Å². The molecule has 1 aromatic rings. The summed E-state index contributed by atoms with van der Waals surface area (Å²) < 4.78 is 23.9. The van der Waals surface area contributed by atoms with Crippen LogP contribution in [0.15, 0.2) is 24.3 Å². The van der Waals surface area contributed by atoms with Crippen LogP contribution in [0.5, 0.6) is 5.75 Å². The molecule has 1 aliphatic carbocycles.